The molecular formula is C16H29ClN4O2. The molecule has 0 aliphatic carbocycles. The van der Waals surface area contributed by atoms with Crippen LogP contribution in [0.2, 0.25) is 0 Å². The summed E-state index contributed by atoms with van der Waals surface area (Å²) in [6.07, 6.45) is 4.78. The maximum Gasteiger partial charge on any atom is 0.234 e. The van der Waals surface area contributed by atoms with Crippen molar-refractivity contribution in [2.75, 3.05) is 38.6 Å². The third-order valence-corrected chi connectivity index (χ3v) is 5.40. The molecule has 2 amide bonds. The first kappa shape index (κ1) is 18.5. The van der Waals surface area contributed by atoms with Gasteiger partial charge in [0.15, 0.2) is 0 Å². The van der Waals surface area contributed by atoms with E-state index in [2.05, 4.69) is 34.7 Å². The van der Waals surface area contributed by atoms with Crippen LogP contribution in [0.3, 0.4) is 0 Å². The molecule has 3 aliphatic heterocycles. The Hall–Kier alpha value is -0.850. The van der Waals surface area contributed by atoms with E-state index >= 15 is 0 Å². The minimum atomic E-state index is -0.0911. The van der Waals surface area contributed by atoms with Crippen LogP contribution in [0.15, 0.2) is 0 Å². The van der Waals surface area contributed by atoms with E-state index in [1.807, 2.05) is 0 Å². The number of carbonyl (C=O) groups excluding carboxylic acids is 2. The van der Waals surface area contributed by atoms with Crippen molar-refractivity contribution in [3.05, 3.63) is 0 Å². The normalized spacial score (nSPS) is 33.4. The number of nitrogens with zero attached hydrogens (tertiary/aromatic N) is 1. The van der Waals surface area contributed by atoms with Gasteiger partial charge in [-0.2, -0.15) is 0 Å². The molecule has 0 bridgehead atoms. The minimum absolute atomic E-state index is 0.0517. The van der Waals surface area contributed by atoms with Crippen LogP contribution in [0.1, 0.15) is 39.5 Å². The van der Waals surface area contributed by atoms with Crippen molar-refractivity contribution >= 4 is 23.4 Å². The zero-order valence-electron chi connectivity index (χ0n) is 14.2. The van der Waals surface area contributed by atoms with E-state index in [-0.39, 0.29) is 28.8 Å². The summed E-state index contributed by atoms with van der Waals surface area (Å²) < 4.78 is 0. The number of halogens is 1. The number of piperazine rings is 1. The Balaban J connectivity index is 0.000000167. The Morgan fingerprint density at radius 3 is 2.78 bits per heavy atom. The summed E-state index contributed by atoms with van der Waals surface area (Å²) in [6.45, 7) is 8.63. The second-order valence-electron chi connectivity index (χ2n) is 7.30. The van der Waals surface area contributed by atoms with Crippen LogP contribution in [-0.4, -0.2) is 66.4 Å². The monoisotopic (exact) mass is 344 g/mol. The van der Waals surface area contributed by atoms with Crippen molar-refractivity contribution in [3.63, 3.8) is 0 Å². The van der Waals surface area contributed by atoms with Crippen LogP contribution in [0.25, 0.3) is 0 Å². The van der Waals surface area contributed by atoms with Gasteiger partial charge in [-0.15, -0.1) is 11.6 Å². The van der Waals surface area contributed by atoms with Gasteiger partial charge in [0.05, 0.1) is 6.54 Å². The summed E-state index contributed by atoms with van der Waals surface area (Å²) in [5, 5.41) is 9.05. The van der Waals surface area contributed by atoms with Gasteiger partial charge in [-0.3, -0.25) is 14.5 Å². The van der Waals surface area contributed by atoms with Gasteiger partial charge < -0.3 is 16.0 Å². The molecule has 6 nitrogen and oxygen atoms in total. The summed E-state index contributed by atoms with van der Waals surface area (Å²) in [5.74, 6) is 0.145. The molecule has 0 radical (unpaired) electrons. The quantitative estimate of drug-likeness (QED) is 0.650. The summed E-state index contributed by atoms with van der Waals surface area (Å²) in [7, 11) is 0. The van der Waals surface area contributed by atoms with Crippen LogP contribution in [0, 0.1) is 0 Å². The third kappa shape index (κ3) is 5.06. The van der Waals surface area contributed by atoms with Gasteiger partial charge in [0.2, 0.25) is 11.8 Å². The predicted molar refractivity (Wildman–Crippen MR) is 91.6 cm³/mol. The molecule has 132 valence electrons. The molecule has 0 aromatic heterocycles. The average Bonchev–Trinajstić information content (AvgIpc) is 3.12. The van der Waals surface area contributed by atoms with E-state index in [1.165, 1.54) is 19.3 Å². The Morgan fingerprint density at radius 2 is 2.13 bits per heavy atom. The number of hydrogen-bond acceptors (Lipinski definition) is 4. The van der Waals surface area contributed by atoms with Crippen LogP contribution >= 0.6 is 11.6 Å². The molecule has 2 atom stereocenters. The Labute approximate surface area is 143 Å². The van der Waals surface area contributed by atoms with Gasteiger partial charge >= 0.3 is 0 Å². The summed E-state index contributed by atoms with van der Waals surface area (Å²) in [4.78, 5) is 24.1. The average molecular weight is 345 g/mol. The number of carbonyl (C=O) groups is 2. The molecule has 2 unspecified atom stereocenters. The van der Waals surface area contributed by atoms with Crippen LogP contribution in [0.4, 0.5) is 0 Å². The molecule has 7 heteroatoms. The highest BCUT2D eigenvalue weighted by molar-refractivity contribution is 6.27. The highest BCUT2D eigenvalue weighted by Crippen LogP contribution is 2.29. The fourth-order valence-electron chi connectivity index (χ4n) is 3.52. The topological polar surface area (TPSA) is 73.5 Å². The van der Waals surface area contributed by atoms with E-state index in [4.69, 9.17) is 11.6 Å². The standard InChI is InChI=1S/C8H15ClN2O.C8H14N2O/c1-8(3-2-4-11-8)6-10-7(12)5-9;1-8-3-2-4-10(8)5-7(11)9-6-8/h11H,2-6H2,1H3,(H,10,12);2-6H2,1H3,(H,9,11). The van der Waals surface area contributed by atoms with Crippen molar-refractivity contribution < 1.29 is 9.59 Å². The van der Waals surface area contributed by atoms with E-state index in [0.29, 0.717) is 13.1 Å². The van der Waals surface area contributed by atoms with Crippen molar-refractivity contribution in [1.29, 1.82) is 0 Å². The smallest absolute Gasteiger partial charge is 0.234 e. The van der Waals surface area contributed by atoms with Gasteiger partial charge in [-0.1, -0.05) is 0 Å². The molecule has 3 N–H and O–H groups in total. The van der Waals surface area contributed by atoms with Crippen molar-refractivity contribution in [3.8, 4) is 0 Å². The number of amides is 2. The fraction of sp³-hybridized carbons (Fsp3) is 0.875. The van der Waals surface area contributed by atoms with Crippen molar-refractivity contribution in [1.82, 2.24) is 20.9 Å². The lowest BCUT2D eigenvalue weighted by atomic mass is 9.97. The molecular weight excluding hydrogens is 316 g/mol. The minimum Gasteiger partial charge on any atom is -0.353 e. The Morgan fingerprint density at radius 1 is 1.35 bits per heavy atom. The lowest BCUT2D eigenvalue weighted by Crippen LogP contribution is -2.58. The largest absolute Gasteiger partial charge is 0.353 e. The lowest BCUT2D eigenvalue weighted by Gasteiger charge is -2.39. The molecule has 0 aromatic rings. The molecule has 3 heterocycles. The molecule has 3 fully saturated rings. The molecule has 0 spiro atoms. The molecule has 3 rings (SSSR count). The molecule has 0 aromatic carbocycles. The molecule has 3 aliphatic rings. The van der Waals surface area contributed by atoms with E-state index in [0.717, 1.165) is 26.1 Å². The summed E-state index contributed by atoms with van der Waals surface area (Å²) in [6, 6.07) is 0. The van der Waals surface area contributed by atoms with E-state index in [9.17, 15) is 9.59 Å². The van der Waals surface area contributed by atoms with Gasteiger partial charge in [0.25, 0.3) is 0 Å². The van der Waals surface area contributed by atoms with Crippen molar-refractivity contribution in [2.24, 2.45) is 0 Å². The van der Waals surface area contributed by atoms with E-state index in [1.54, 1.807) is 0 Å². The van der Waals surface area contributed by atoms with Crippen molar-refractivity contribution in [2.45, 2.75) is 50.6 Å². The van der Waals surface area contributed by atoms with Gasteiger partial charge in [0, 0.05) is 24.2 Å². The fourth-order valence-corrected chi connectivity index (χ4v) is 3.61. The van der Waals surface area contributed by atoms with Crippen LogP contribution in [-0.2, 0) is 9.59 Å². The second-order valence-corrected chi connectivity index (χ2v) is 7.57. The van der Waals surface area contributed by atoms with Crippen LogP contribution < -0.4 is 16.0 Å². The summed E-state index contributed by atoms with van der Waals surface area (Å²) in [5.41, 5.74) is 0.357. The first-order chi connectivity index (χ1) is 10.9. The SMILES string of the molecule is CC1(CNC(=O)CCl)CCCN1.CC12CCCN1CC(=O)NC2. The number of fused-ring (bicyclic) bond motifs is 1. The molecule has 3 saturated heterocycles. The zero-order chi connectivity index (χ0) is 16.9. The number of rotatable bonds is 3. The molecule has 0 saturated carbocycles. The lowest BCUT2D eigenvalue weighted by molar-refractivity contribution is -0.126. The number of nitrogens with one attached hydrogen (secondary N) is 3. The summed E-state index contributed by atoms with van der Waals surface area (Å²) >= 11 is 5.35. The maximum absolute atomic E-state index is 11.0. The zero-order valence-corrected chi connectivity index (χ0v) is 15.0. The van der Waals surface area contributed by atoms with Gasteiger partial charge in [0.1, 0.15) is 5.88 Å². The number of alkyl halides is 1. The predicted octanol–water partition coefficient (Wildman–Crippen LogP) is 0.454. The highest BCUT2D eigenvalue weighted by Gasteiger charge is 2.40. The first-order valence-corrected chi connectivity index (χ1v) is 9.00. The third-order valence-electron chi connectivity index (χ3n) is 5.16. The second kappa shape index (κ2) is 7.81. The van der Waals surface area contributed by atoms with Crippen LogP contribution in [0.5, 0.6) is 0 Å². The Kier molecular flexibility index (Phi) is 6.28. The number of hydrogen-bond donors (Lipinski definition) is 3. The first-order valence-electron chi connectivity index (χ1n) is 8.46. The molecule has 23 heavy (non-hydrogen) atoms. The van der Waals surface area contributed by atoms with Gasteiger partial charge in [-0.25, -0.2) is 0 Å². The van der Waals surface area contributed by atoms with E-state index < -0.39 is 0 Å². The van der Waals surface area contributed by atoms with Gasteiger partial charge in [-0.05, 0) is 52.6 Å². The maximum atomic E-state index is 11.0. The Bertz CT molecular complexity index is 440. The highest BCUT2D eigenvalue weighted by atomic mass is 35.5.